The molecule has 4 N–H and O–H groups in total. The van der Waals surface area contributed by atoms with Crippen LogP contribution in [0, 0.1) is 3.57 Å². The second-order valence-corrected chi connectivity index (χ2v) is 5.42. The Bertz CT molecular complexity index is 647. The van der Waals surface area contributed by atoms with Gasteiger partial charge in [0.1, 0.15) is 0 Å². The van der Waals surface area contributed by atoms with Crippen molar-refractivity contribution in [2.24, 2.45) is 0 Å². The molecule has 0 spiro atoms. The van der Waals surface area contributed by atoms with E-state index >= 15 is 0 Å². The predicted octanol–water partition coefficient (Wildman–Crippen LogP) is 3.97. The Kier molecular flexibility index (Phi) is 4.16. The molecule has 4 nitrogen and oxygen atoms in total. The van der Waals surface area contributed by atoms with E-state index in [0.29, 0.717) is 16.4 Å². The van der Waals surface area contributed by atoms with Gasteiger partial charge in [0.05, 0.1) is 22.6 Å². The molecule has 0 saturated heterocycles. The molecule has 0 bridgehead atoms. The Morgan fingerprint density at radius 3 is 2.68 bits per heavy atom. The summed E-state index contributed by atoms with van der Waals surface area (Å²) >= 11 is 8.00. The molecule has 19 heavy (non-hydrogen) atoms. The summed E-state index contributed by atoms with van der Waals surface area (Å²) in [6.45, 7) is 0. The number of anilines is 3. The normalized spacial score (nSPS) is 10.2. The maximum Gasteiger partial charge on any atom is 0.337 e. The van der Waals surface area contributed by atoms with Crippen LogP contribution in [0.1, 0.15) is 10.4 Å². The minimum Gasteiger partial charge on any atom is -0.478 e. The van der Waals surface area contributed by atoms with Crippen LogP contribution in [0.25, 0.3) is 0 Å². The zero-order valence-corrected chi connectivity index (χ0v) is 12.6. The number of carboxylic acid groups (broad SMARTS) is 1. The highest BCUT2D eigenvalue weighted by Gasteiger charge is 2.13. The van der Waals surface area contributed by atoms with Gasteiger partial charge in [-0.1, -0.05) is 17.7 Å². The molecule has 0 unspecified atom stereocenters. The highest BCUT2D eigenvalue weighted by molar-refractivity contribution is 14.1. The maximum absolute atomic E-state index is 11.2. The Labute approximate surface area is 128 Å². The van der Waals surface area contributed by atoms with Crippen molar-refractivity contribution in [3.8, 4) is 0 Å². The summed E-state index contributed by atoms with van der Waals surface area (Å²) in [5.41, 5.74) is 7.48. The molecule has 0 aromatic heterocycles. The number of hydrogen-bond donors (Lipinski definition) is 3. The number of nitrogen functional groups attached to an aromatic ring is 1. The molecule has 0 amide bonds. The fourth-order valence-corrected chi connectivity index (χ4v) is 2.62. The number of rotatable bonds is 3. The molecule has 0 saturated carbocycles. The summed E-state index contributed by atoms with van der Waals surface area (Å²) in [6, 6.07) is 10.1. The second-order valence-electron chi connectivity index (χ2n) is 3.82. The van der Waals surface area contributed by atoms with Crippen molar-refractivity contribution < 1.29 is 9.90 Å². The van der Waals surface area contributed by atoms with E-state index in [1.807, 2.05) is 0 Å². The lowest BCUT2D eigenvalue weighted by Gasteiger charge is -2.13. The van der Waals surface area contributed by atoms with Crippen molar-refractivity contribution in [3.05, 3.63) is 50.6 Å². The van der Waals surface area contributed by atoms with Crippen molar-refractivity contribution in [3.63, 3.8) is 0 Å². The van der Waals surface area contributed by atoms with Crippen molar-refractivity contribution in [2.45, 2.75) is 0 Å². The van der Waals surface area contributed by atoms with Crippen LogP contribution >= 0.6 is 34.2 Å². The standard InChI is InChI=1S/C13H10ClIN2O2/c14-7-4-5-11(9(15)6-7)17-12-8(13(18)19)2-1-3-10(12)16/h1-6,17H,16H2,(H,18,19). The molecule has 98 valence electrons. The SMILES string of the molecule is Nc1cccc(C(=O)O)c1Nc1ccc(Cl)cc1I. The van der Waals surface area contributed by atoms with Crippen molar-refractivity contribution >= 4 is 57.2 Å². The molecular weight excluding hydrogens is 379 g/mol. The summed E-state index contributed by atoms with van der Waals surface area (Å²) < 4.78 is 0.879. The van der Waals surface area contributed by atoms with Crippen LogP contribution in [0.2, 0.25) is 5.02 Å². The average Bonchev–Trinajstić information content (AvgIpc) is 2.34. The summed E-state index contributed by atoms with van der Waals surface area (Å²) in [4.78, 5) is 11.2. The molecule has 0 radical (unpaired) electrons. The molecular formula is C13H10ClIN2O2. The third kappa shape index (κ3) is 3.10. The first-order chi connectivity index (χ1) is 8.99. The smallest absolute Gasteiger partial charge is 0.337 e. The van der Waals surface area contributed by atoms with Gasteiger partial charge in [0.15, 0.2) is 0 Å². The number of nitrogens with two attached hydrogens (primary N) is 1. The van der Waals surface area contributed by atoms with Gasteiger partial charge in [-0.25, -0.2) is 4.79 Å². The van der Waals surface area contributed by atoms with Crippen molar-refractivity contribution in [1.82, 2.24) is 0 Å². The first-order valence-electron chi connectivity index (χ1n) is 5.33. The zero-order valence-electron chi connectivity index (χ0n) is 9.65. The highest BCUT2D eigenvalue weighted by Crippen LogP contribution is 2.30. The van der Waals surface area contributed by atoms with E-state index < -0.39 is 5.97 Å². The first kappa shape index (κ1) is 14.0. The number of carbonyl (C=O) groups is 1. The monoisotopic (exact) mass is 388 g/mol. The van der Waals surface area contributed by atoms with Gasteiger partial charge in [0.25, 0.3) is 0 Å². The lowest BCUT2D eigenvalue weighted by Crippen LogP contribution is -2.06. The number of carboxylic acids is 1. The first-order valence-corrected chi connectivity index (χ1v) is 6.78. The second kappa shape index (κ2) is 5.66. The number of hydrogen-bond acceptors (Lipinski definition) is 3. The van der Waals surface area contributed by atoms with Gasteiger partial charge in [-0.15, -0.1) is 0 Å². The molecule has 0 heterocycles. The van der Waals surface area contributed by atoms with Crippen LogP contribution in [0.5, 0.6) is 0 Å². The molecule has 2 aromatic rings. The molecule has 2 aromatic carbocycles. The van der Waals surface area contributed by atoms with Crippen molar-refractivity contribution in [1.29, 1.82) is 0 Å². The van der Waals surface area contributed by atoms with Gasteiger partial charge >= 0.3 is 5.97 Å². The lowest BCUT2D eigenvalue weighted by molar-refractivity contribution is 0.0698. The minimum absolute atomic E-state index is 0.130. The van der Waals surface area contributed by atoms with Crippen LogP contribution in [0.15, 0.2) is 36.4 Å². The Hall–Kier alpha value is -1.47. The van der Waals surface area contributed by atoms with E-state index in [0.717, 1.165) is 9.26 Å². The number of halogens is 2. The summed E-state index contributed by atoms with van der Waals surface area (Å²) in [6.07, 6.45) is 0. The summed E-state index contributed by atoms with van der Waals surface area (Å²) in [5, 5.41) is 12.8. The van der Waals surface area contributed by atoms with E-state index in [4.69, 9.17) is 22.4 Å². The fraction of sp³-hybridized carbons (Fsp3) is 0. The van der Waals surface area contributed by atoms with Crippen molar-refractivity contribution in [2.75, 3.05) is 11.1 Å². The molecule has 0 atom stereocenters. The van der Waals surface area contributed by atoms with E-state index in [9.17, 15) is 4.79 Å². The van der Waals surface area contributed by atoms with Gasteiger partial charge in [-0.2, -0.15) is 0 Å². The quantitative estimate of drug-likeness (QED) is 0.549. The van der Waals surface area contributed by atoms with E-state index in [2.05, 4.69) is 27.9 Å². The third-order valence-corrected chi connectivity index (χ3v) is 3.65. The molecule has 0 fully saturated rings. The lowest BCUT2D eigenvalue weighted by atomic mass is 10.1. The number of para-hydroxylation sites is 1. The van der Waals surface area contributed by atoms with Crippen LogP contribution in [-0.2, 0) is 0 Å². The van der Waals surface area contributed by atoms with Gasteiger partial charge in [-0.05, 0) is 52.9 Å². The zero-order chi connectivity index (χ0) is 14.0. The third-order valence-electron chi connectivity index (χ3n) is 2.52. The maximum atomic E-state index is 11.2. The van der Waals surface area contributed by atoms with E-state index in [1.54, 1.807) is 30.3 Å². The van der Waals surface area contributed by atoms with Gasteiger partial charge in [0, 0.05) is 8.59 Å². The Morgan fingerprint density at radius 1 is 1.32 bits per heavy atom. The minimum atomic E-state index is -1.03. The van der Waals surface area contributed by atoms with Gasteiger partial charge < -0.3 is 16.2 Å². The Morgan fingerprint density at radius 2 is 2.05 bits per heavy atom. The molecule has 2 rings (SSSR count). The molecule has 0 aliphatic rings. The predicted molar refractivity (Wildman–Crippen MR) is 85.3 cm³/mol. The van der Waals surface area contributed by atoms with Crippen LogP contribution in [-0.4, -0.2) is 11.1 Å². The number of nitrogens with one attached hydrogen (secondary N) is 1. The summed E-state index contributed by atoms with van der Waals surface area (Å²) in [7, 11) is 0. The average molecular weight is 389 g/mol. The van der Waals surface area contributed by atoms with Gasteiger partial charge in [-0.3, -0.25) is 0 Å². The Balaban J connectivity index is 2.46. The molecule has 0 aliphatic carbocycles. The topological polar surface area (TPSA) is 75.4 Å². The van der Waals surface area contributed by atoms with E-state index in [-0.39, 0.29) is 5.56 Å². The summed E-state index contributed by atoms with van der Waals surface area (Å²) in [5.74, 6) is -1.03. The van der Waals surface area contributed by atoms with E-state index in [1.165, 1.54) is 6.07 Å². The molecule has 6 heteroatoms. The molecule has 0 aliphatic heterocycles. The number of benzene rings is 2. The van der Waals surface area contributed by atoms with Gasteiger partial charge in [0.2, 0.25) is 0 Å². The van der Waals surface area contributed by atoms with Crippen LogP contribution in [0.3, 0.4) is 0 Å². The fourth-order valence-electron chi connectivity index (χ4n) is 1.61. The number of aromatic carboxylic acids is 1. The van der Waals surface area contributed by atoms with Crippen LogP contribution < -0.4 is 11.1 Å². The largest absolute Gasteiger partial charge is 0.478 e. The van der Waals surface area contributed by atoms with Crippen LogP contribution in [0.4, 0.5) is 17.1 Å². The highest BCUT2D eigenvalue weighted by atomic mass is 127.